The van der Waals surface area contributed by atoms with Gasteiger partial charge in [0.1, 0.15) is 0 Å². The molecule has 0 radical (unpaired) electrons. The molecule has 1 heterocycles. The number of carbonyl (C=O) groups excluding carboxylic acids is 1. The predicted molar refractivity (Wildman–Crippen MR) is 61.3 cm³/mol. The molecule has 0 spiro atoms. The van der Waals surface area contributed by atoms with E-state index in [0.29, 0.717) is 11.3 Å². The standard InChI is InChI=1S/C11H8BrNO2/c1-7-9(11(14)15-13-7)6-8-4-2-3-5-10(8)12/h2-6H,1H3. The second kappa shape index (κ2) is 3.98. The lowest BCUT2D eigenvalue weighted by Crippen LogP contribution is -2.01. The van der Waals surface area contributed by atoms with Crippen LogP contribution >= 0.6 is 15.9 Å². The van der Waals surface area contributed by atoms with E-state index in [2.05, 4.69) is 25.9 Å². The number of nitrogens with zero attached hydrogens (tertiary/aromatic N) is 1. The van der Waals surface area contributed by atoms with Crippen LogP contribution in [0.15, 0.2) is 39.5 Å². The maximum atomic E-state index is 11.3. The van der Waals surface area contributed by atoms with E-state index >= 15 is 0 Å². The molecule has 1 aromatic carbocycles. The normalized spacial score (nSPS) is 17.9. The number of benzene rings is 1. The molecule has 0 amide bonds. The summed E-state index contributed by atoms with van der Waals surface area (Å²) in [6.45, 7) is 1.74. The molecule has 4 heteroatoms. The van der Waals surface area contributed by atoms with Crippen LogP contribution in [0.5, 0.6) is 0 Å². The first kappa shape index (κ1) is 10.1. The highest BCUT2D eigenvalue weighted by atomic mass is 79.9. The van der Waals surface area contributed by atoms with Gasteiger partial charge in [-0.05, 0) is 24.6 Å². The maximum absolute atomic E-state index is 11.3. The molecule has 0 aliphatic carbocycles. The minimum absolute atomic E-state index is 0.400. The van der Waals surface area contributed by atoms with Crippen LogP contribution in [0.3, 0.4) is 0 Å². The number of hydrogen-bond acceptors (Lipinski definition) is 3. The monoisotopic (exact) mass is 265 g/mol. The summed E-state index contributed by atoms with van der Waals surface area (Å²) in [4.78, 5) is 15.8. The SMILES string of the molecule is CC1=NOC(=O)C1=Cc1ccccc1Br. The number of carbonyl (C=O) groups is 1. The topological polar surface area (TPSA) is 38.7 Å². The van der Waals surface area contributed by atoms with Gasteiger partial charge in [-0.15, -0.1) is 0 Å². The fourth-order valence-electron chi connectivity index (χ4n) is 1.27. The highest BCUT2D eigenvalue weighted by Gasteiger charge is 2.21. The predicted octanol–water partition coefficient (Wildman–Crippen LogP) is 2.77. The van der Waals surface area contributed by atoms with Gasteiger partial charge in [0.15, 0.2) is 0 Å². The fourth-order valence-corrected chi connectivity index (χ4v) is 1.67. The molecule has 0 aromatic heterocycles. The lowest BCUT2D eigenvalue weighted by Gasteiger charge is -1.98. The Labute approximate surface area is 95.6 Å². The molecule has 0 saturated heterocycles. The summed E-state index contributed by atoms with van der Waals surface area (Å²) in [7, 11) is 0. The van der Waals surface area contributed by atoms with Crippen molar-refractivity contribution in [2.75, 3.05) is 0 Å². The Balaban J connectivity index is 2.43. The van der Waals surface area contributed by atoms with Crippen molar-refractivity contribution in [3.8, 4) is 0 Å². The van der Waals surface area contributed by atoms with E-state index in [0.717, 1.165) is 10.0 Å². The highest BCUT2D eigenvalue weighted by Crippen LogP contribution is 2.21. The minimum atomic E-state index is -0.400. The summed E-state index contributed by atoms with van der Waals surface area (Å²) in [5.41, 5.74) is 2.04. The van der Waals surface area contributed by atoms with Gasteiger partial charge in [0, 0.05) is 4.47 Å². The van der Waals surface area contributed by atoms with Crippen molar-refractivity contribution < 1.29 is 9.63 Å². The van der Waals surface area contributed by atoms with Gasteiger partial charge in [-0.25, -0.2) is 4.79 Å². The van der Waals surface area contributed by atoms with Crippen molar-refractivity contribution in [2.24, 2.45) is 5.16 Å². The van der Waals surface area contributed by atoms with Crippen LogP contribution in [0.4, 0.5) is 0 Å². The summed E-state index contributed by atoms with van der Waals surface area (Å²) >= 11 is 3.41. The van der Waals surface area contributed by atoms with Crippen LogP contribution < -0.4 is 0 Å². The fraction of sp³-hybridized carbons (Fsp3) is 0.0909. The number of halogens is 1. The van der Waals surface area contributed by atoms with Gasteiger partial charge in [0.25, 0.3) is 0 Å². The molecule has 76 valence electrons. The third kappa shape index (κ3) is 1.99. The third-order valence-electron chi connectivity index (χ3n) is 2.08. The number of hydrogen-bond donors (Lipinski definition) is 0. The summed E-state index contributed by atoms with van der Waals surface area (Å²) < 4.78 is 0.935. The molecule has 1 aromatic rings. The van der Waals surface area contributed by atoms with Crippen molar-refractivity contribution in [1.82, 2.24) is 0 Å². The summed E-state index contributed by atoms with van der Waals surface area (Å²) in [6.07, 6.45) is 1.76. The van der Waals surface area contributed by atoms with E-state index in [-0.39, 0.29) is 0 Å². The first-order valence-corrected chi connectivity index (χ1v) is 5.20. The van der Waals surface area contributed by atoms with Crippen LogP contribution in [-0.2, 0) is 9.63 Å². The third-order valence-corrected chi connectivity index (χ3v) is 2.80. The Kier molecular flexibility index (Phi) is 2.68. The highest BCUT2D eigenvalue weighted by molar-refractivity contribution is 9.10. The van der Waals surface area contributed by atoms with E-state index in [1.165, 1.54) is 0 Å². The Morgan fingerprint density at radius 2 is 2.13 bits per heavy atom. The van der Waals surface area contributed by atoms with E-state index in [4.69, 9.17) is 0 Å². The van der Waals surface area contributed by atoms with Gasteiger partial charge in [0.2, 0.25) is 0 Å². The first-order chi connectivity index (χ1) is 7.18. The molecule has 1 aliphatic heterocycles. The van der Waals surface area contributed by atoms with Crippen LogP contribution in [0.25, 0.3) is 6.08 Å². The molecule has 0 bridgehead atoms. The van der Waals surface area contributed by atoms with Crippen LogP contribution in [0.1, 0.15) is 12.5 Å². The van der Waals surface area contributed by atoms with E-state index < -0.39 is 5.97 Å². The zero-order chi connectivity index (χ0) is 10.8. The molecule has 0 saturated carbocycles. The van der Waals surface area contributed by atoms with Crippen LogP contribution in [0.2, 0.25) is 0 Å². The van der Waals surface area contributed by atoms with Crippen molar-refractivity contribution in [2.45, 2.75) is 6.92 Å². The Morgan fingerprint density at radius 1 is 1.40 bits per heavy atom. The maximum Gasteiger partial charge on any atom is 0.367 e. The molecule has 1 aliphatic rings. The molecule has 0 N–H and O–H groups in total. The van der Waals surface area contributed by atoms with Crippen LogP contribution in [-0.4, -0.2) is 11.7 Å². The Hall–Kier alpha value is -1.42. The van der Waals surface area contributed by atoms with Gasteiger partial charge in [0.05, 0.1) is 11.3 Å². The van der Waals surface area contributed by atoms with Gasteiger partial charge in [-0.1, -0.05) is 39.3 Å². The molecular weight excluding hydrogens is 258 g/mol. The van der Waals surface area contributed by atoms with E-state index in [1.807, 2.05) is 24.3 Å². The average Bonchev–Trinajstić information content (AvgIpc) is 2.53. The molecule has 3 nitrogen and oxygen atoms in total. The molecule has 15 heavy (non-hydrogen) atoms. The van der Waals surface area contributed by atoms with Gasteiger partial charge < -0.3 is 4.84 Å². The minimum Gasteiger partial charge on any atom is -0.312 e. The molecule has 0 fully saturated rings. The number of rotatable bonds is 1. The molecule has 2 rings (SSSR count). The quantitative estimate of drug-likeness (QED) is 0.579. The lowest BCUT2D eigenvalue weighted by atomic mass is 10.1. The lowest BCUT2D eigenvalue weighted by molar-refractivity contribution is -0.136. The largest absolute Gasteiger partial charge is 0.367 e. The van der Waals surface area contributed by atoms with E-state index in [9.17, 15) is 4.79 Å². The zero-order valence-corrected chi connectivity index (χ0v) is 9.61. The second-order valence-electron chi connectivity index (χ2n) is 3.13. The van der Waals surface area contributed by atoms with Crippen molar-refractivity contribution in [1.29, 1.82) is 0 Å². The molecule has 0 unspecified atom stereocenters. The zero-order valence-electron chi connectivity index (χ0n) is 8.03. The van der Waals surface area contributed by atoms with Crippen molar-refractivity contribution >= 4 is 33.7 Å². The summed E-state index contributed by atoms with van der Waals surface area (Å²) in [5, 5.41) is 3.61. The number of oxime groups is 1. The average molecular weight is 266 g/mol. The van der Waals surface area contributed by atoms with Gasteiger partial charge >= 0.3 is 5.97 Å². The van der Waals surface area contributed by atoms with Crippen molar-refractivity contribution in [3.63, 3.8) is 0 Å². The van der Waals surface area contributed by atoms with Gasteiger partial charge in [-0.2, -0.15) is 0 Å². The van der Waals surface area contributed by atoms with Gasteiger partial charge in [-0.3, -0.25) is 0 Å². The Bertz CT molecular complexity index is 477. The van der Waals surface area contributed by atoms with Crippen LogP contribution in [0, 0.1) is 0 Å². The molecular formula is C11H8BrNO2. The smallest absolute Gasteiger partial charge is 0.312 e. The molecule has 0 atom stereocenters. The van der Waals surface area contributed by atoms with E-state index in [1.54, 1.807) is 13.0 Å². The Morgan fingerprint density at radius 3 is 2.73 bits per heavy atom. The first-order valence-electron chi connectivity index (χ1n) is 4.41. The summed E-state index contributed by atoms with van der Waals surface area (Å²) in [6, 6.07) is 7.65. The van der Waals surface area contributed by atoms with Crippen molar-refractivity contribution in [3.05, 3.63) is 39.9 Å². The second-order valence-corrected chi connectivity index (χ2v) is 3.99. The summed E-state index contributed by atoms with van der Waals surface area (Å²) in [5.74, 6) is -0.400.